The molecule has 0 unspecified atom stereocenters. The third-order valence-corrected chi connectivity index (χ3v) is 3.69. The zero-order valence-corrected chi connectivity index (χ0v) is 14.0. The van der Waals surface area contributed by atoms with Gasteiger partial charge in [0.05, 0.1) is 16.2 Å². The molecule has 0 fully saturated rings. The Morgan fingerprint density at radius 3 is 2.52 bits per heavy atom. The fraction of sp³-hybridized carbons (Fsp3) is 0.222. The summed E-state index contributed by atoms with van der Waals surface area (Å²) in [5.74, 6) is -0.573. The van der Waals surface area contributed by atoms with Gasteiger partial charge in [-0.3, -0.25) is 19.7 Å². The highest BCUT2D eigenvalue weighted by Crippen LogP contribution is 2.24. The van der Waals surface area contributed by atoms with E-state index >= 15 is 0 Å². The number of aryl methyl sites for hydroxylation is 1. The molecular formula is C18H19N3O4. The van der Waals surface area contributed by atoms with E-state index in [9.17, 15) is 19.7 Å². The number of hydrogen-bond donors (Lipinski definition) is 2. The first-order valence-electron chi connectivity index (χ1n) is 7.77. The van der Waals surface area contributed by atoms with Crippen LogP contribution >= 0.6 is 0 Å². The Bertz CT molecular complexity index is 818. The predicted octanol–water partition coefficient (Wildman–Crippen LogP) is 2.97. The number of hydrogen-bond acceptors (Lipinski definition) is 4. The number of benzene rings is 2. The smallest absolute Gasteiger partial charge is 0.274 e. The van der Waals surface area contributed by atoms with Crippen LogP contribution in [0.5, 0.6) is 0 Å². The van der Waals surface area contributed by atoms with Gasteiger partial charge in [0.25, 0.3) is 11.6 Å². The van der Waals surface area contributed by atoms with Gasteiger partial charge in [-0.15, -0.1) is 0 Å². The Morgan fingerprint density at radius 1 is 1.12 bits per heavy atom. The standard InChI is InChI=1S/C18H19N3O4/c1-12-5-3-6-14(11-12)18(23)19-10-9-17(22)20-15-7-4-8-16(13(15)2)21(24)25/h3-8,11H,9-10H2,1-2H3,(H,19,23)(H,20,22). The fourth-order valence-electron chi connectivity index (χ4n) is 2.35. The van der Waals surface area contributed by atoms with Gasteiger partial charge in [0.2, 0.25) is 5.91 Å². The fourth-order valence-corrected chi connectivity index (χ4v) is 2.35. The van der Waals surface area contributed by atoms with Crippen molar-refractivity contribution in [3.8, 4) is 0 Å². The second kappa shape index (κ2) is 8.05. The Kier molecular flexibility index (Phi) is 5.84. The van der Waals surface area contributed by atoms with Crippen LogP contribution in [0.2, 0.25) is 0 Å². The van der Waals surface area contributed by atoms with E-state index in [4.69, 9.17) is 0 Å². The molecule has 0 aliphatic rings. The highest BCUT2D eigenvalue weighted by atomic mass is 16.6. The van der Waals surface area contributed by atoms with Gasteiger partial charge in [0.15, 0.2) is 0 Å². The van der Waals surface area contributed by atoms with Crippen molar-refractivity contribution in [2.75, 3.05) is 11.9 Å². The normalized spacial score (nSPS) is 10.2. The molecule has 7 nitrogen and oxygen atoms in total. The Morgan fingerprint density at radius 2 is 1.84 bits per heavy atom. The van der Waals surface area contributed by atoms with Gasteiger partial charge >= 0.3 is 0 Å². The van der Waals surface area contributed by atoms with Gasteiger partial charge in [0.1, 0.15) is 0 Å². The lowest BCUT2D eigenvalue weighted by Crippen LogP contribution is -2.27. The largest absolute Gasteiger partial charge is 0.352 e. The molecule has 130 valence electrons. The first-order chi connectivity index (χ1) is 11.9. The van der Waals surface area contributed by atoms with E-state index in [-0.39, 0.29) is 30.5 Å². The monoisotopic (exact) mass is 341 g/mol. The first kappa shape index (κ1) is 18.1. The van der Waals surface area contributed by atoms with Crippen LogP contribution in [0.4, 0.5) is 11.4 Å². The summed E-state index contributed by atoms with van der Waals surface area (Å²) in [4.78, 5) is 34.4. The maximum Gasteiger partial charge on any atom is 0.274 e. The number of carbonyl (C=O) groups is 2. The molecule has 0 saturated heterocycles. The number of nitrogens with one attached hydrogen (secondary N) is 2. The molecule has 2 rings (SSSR count). The van der Waals surface area contributed by atoms with Crippen molar-refractivity contribution in [2.24, 2.45) is 0 Å². The van der Waals surface area contributed by atoms with E-state index in [1.54, 1.807) is 31.2 Å². The van der Waals surface area contributed by atoms with Crippen molar-refractivity contribution in [2.45, 2.75) is 20.3 Å². The summed E-state index contributed by atoms with van der Waals surface area (Å²) >= 11 is 0. The lowest BCUT2D eigenvalue weighted by Gasteiger charge is -2.09. The quantitative estimate of drug-likeness (QED) is 0.623. The van der Waals surface area contributed by atoms with Crippen molar-refractivity contribution in [3.63, 3.8) is 0 Å². The number of anilines is 1. The number of rotatable bonds is 6. The van der Waals surface area contributed by atoms with Crippen LogP contribution < -0.4 is 10.6 Å². The molecule has 0 aromatic heterocycles. The summed E-state index contributed by atoms with van der Waals surface area (Å²) in [5.41, 5.74) is 2.25. The molecule has 0 radical (unpaired) electrons. The molecule has 0 bridgehead atoms. The summed E-state index contributed by atoms with van der Waals surface area (Å²) < 4.78 is 0. The van der Waals surface area contributed by atoms with Crippen LogP contribution in [-0.2, 0) is 4.79 Å². The van der Waals surface area contributed by atoms with E-state index in [0.29, 0.717) is 16.8 Å². The molecule has 7 heteroatoms. The molecule has 0 heterocycles. The second-order valence-corrected chi connectivity index (χ2v) is 5.63. The van der Waals surface area contributed by atoms with Crippen LogP contribution in [0.1, 0.15) is 27.9 Å². The zero-order chi connectivity index (χ0) is 18.4. The van der Waals surface area contributed by atoms with Gasteiger partial charge in [-0.05, 0) is 32.0 Å². The summed E-state index contributed by atoms with van der Waals surface area (Å²) in [6, 6.07) is 11.7. The van der Waals surface area contributed by atoms with E-state index in [2.05, 4.69) is 10.6 Å². The van der Waals surface area contributed by atoms with Gasteiger partial charge in [-0.25, -0.2) is 0 Å². The van der Waals surface area contributed by atoms with Crippen LogP contribution in [0, 0.1) is 24.0 Å². The Hall–Kier alpha value is -3.22. The lowest BCUT2D eigenvalue weighted by molar-refractivity contribution is -0.385. The van der Waals surface area contributed by atoms with E-state index in [1.807, 2.05) is 13.0 Å². The number of amides is 2. The predicted molar refractivity (Wildman–Crippen MR) is 94.6 cm³/mol. The SMILES string of the molecule is Cc1cccc(C(=O)NCCC(=O)Nc2cccc([N+](=O)[O-])c2C)c1. The summed E-state index contributed by atoms with van der Waals surface area (Å²) in [7, 11) is 0. The van der Waals surface area contributed by atoms with Crippen LogP contribution in [-0.4, -0.2) is 23.3 Å². The molecular weight excluding hydrogens is 322 g/mol. The topological polar surface area (TPSA) is 101 Å². The summed E-state index contributed by atoms with van der Waals surface area (Å²) in [5, 5.41) is 16.2. The molecule has 2 N–H and O–H groups in total. The Labute approximate surface area is 145 Å². The molecule has 2 aromatic carbocycles. The molecule has 0 spiro atoms. The minimum atomic E-state index is -0.493. The average Bonchev–Trinajstić information content (AvgIpc) is 2.56. The molecule has 2 amide bonds. The van der Waals surface area contributed by atoms with Crippen molar-refractivity contribution >= 4 is 23.2 Å². The number of carbonyl (C=O) groups excluding carboxylic acids is 2. The van der Waals surface area contributed by atoms with Crippen LogP contribution in [0.3, 0.4) is 0 Å². The number of nitro groups is 1. The Balaban J connectivity index is 1.88. The average molecular weight is 341 g/mol. The highest BCUT2D eigenvalue weighted by Gasteiger charge is 2.15. The minimum absolute atomic E-state index is 0.0504. The van der Waals surface area contributed by atoms with Crippen LogP contribution in [0.15, 0.2) is 42.5 Å². The maximum absolute atomic E-state index is 12.0. The van der Waals surface area contributed by atoms with Gasteiger partial charge in [0, 0.05) is 24.6 Å². The van der Waals surface area contributed by atoms with E-state index in [0.717, 1.165) is 5.56 Å². The first-order valence-corrected chi connectivity index (χ1v) is 7.77. The minimum Gasteiger partial charge on any atom is -0.352 e. The van der Waals surface area contributed by atoms with Crippen molar-refractivity contribution in [1.29, 1.82) is 0 Å². The lowest BCUT2D eigenvalue weighted by atomic mass is 10.1. The molecule has 0 atom stereocenters. The summed E-state index contributed by atoms with van der Waals surface area (Å²) in [6.45, 7) is 3.64. The summed E-state index contributed by atoms with van der Waals surface area (Å²) in [6.07, 6.45) is 0.0691. The number of nitrogens with zero attached hydrogens (tertiary/aromatic N) is 1. The second-order valence-electron chi connectivity index (χ2n) is 5.63. The van der Waals surface area contributed by atoms with Gasteiger partial charge in [-0.1, -0.05) is 23.8 Å². The maximum atomic E-state index is 12.0. The van der Waals surface area contributed by atoms with Gasteiger partial charge < -0.3 is 10.6 Å². The molecule has 2 aromatic rings. The van der Waals surface area contributed by atoms with E-state index < -0.39 is 4.92 Å². The number of nitro benzene ring substituents is 1. The molecule has 0 saturated carbocycles. The molecule has 0 aliphatic heterocycles. The molecule has 25 heavy (non-hydrogen) atoms. The third-order valence-electron chi connectivity index (χ3n) is 3.69. The van der Waals surface area contributed by atoms with Crippen LogP contribution in [0.25, 0.3) is 0 Å². The molecule has 0 aliphatic carbocycles. The van der Waals surface area contributed by atoms with Gasteiger partial charge in [-0.2, -0.15) is 0 Å². The van der Waals surface area contributed by atoms with Crippen molar-refractivity contribution < 1.29 is 14.5 Å². The highest BCUT2D eigenvalue weighted by molar-refractivity contribution is 5.95. The zero-order valence-electron chi connectivity index (χ0n) is 14.0. The third kappa shape index (κ3) is 4.87. The van der Waals surface area contributed by atoms with E-state index in [1.165, 1.54) is 12.1 Å². The van der Waals surface area contributed by atoms with Crippen molar-refractivity contribution in [3.05, 3.63) is 69.3 Å². The van der Waals surface area contributed by atoms with Crippen molar-refractivity contribution in [1.82, 2.24) is 5.32 Å².